The summed E-state index contributed by atoms with van der Waals surface area (Å²) in [7, 11) is 0. The molecule has 0 aliphatic rings. The number of nitrogen functional groups attached to an aromatic ring is 1. The number of nitrogens with one attached hydrogen (secondary N) is 1. The minimum atomic E-state index is -0.403. The fraction of sp³-hybridized carbons (Fsp3) is 0.0400. The van der Waals surface area contributed by atoms with Crippen LogP contribution in [0.2, 0.25) is 10.0 Å². The molecule has 0 bridgehead atoms. The molecule has 9 heteroatoms. The highest BCUT2D eigenvalue weighted by Gasteiger charge is 2.24. The number of nitrogens with zero attached hydrogens (tertiary/aromatic N) is 4. The summed E-state index contributed by atoms with van der Waals surface area (Å²) >= 11 is 12.1. The molecule has 0 aliphatic carbocycles. The van der Waals surface area contributed by atoms with Crippen molar-refractivity contribution >= 4 is 69.0 Å². The highest BCUT2D eigenvalue weighted by molar-refractivity contribution is 6.42. The second-order valence-electron chi connectivity index (χ2n) is 7.69. The molecular formula is C25H18Cl2N6O. The molecule has 0 atom stereocenters. The molecule has 5 rings (SSSR count). The summed E-state index contributed by atoms with van der Waals surface area (Å²) in [5.74, 6) is -0.286. The van der Waals surface area contributed by atoms with Gasteiger partial charge in [0, 0.05) is 5.69 Å². The first-order chi connectivity index (χ1) is 16.4. The second-order valence-corrected chi connectivity index (χ2v) is 8.51. The Morgan fingerprint density at radius 3 is 2.41 bits per heavy atom. The van der Waals surface area contributed by atoms with Crippen LogP contribution in [0.5, 0.6) is 0 Å². The van der Waals surface area contributed by atoms with Gasteiger partial charge in [-0.25, -0.2) is 9.97 Å². The lowest BCUT2D eigenvalue weighted by Gasteiger charge is -2.06. The third-order valence-electron chi connectivity index (χ3n) is 5.28. The molecule has 5 aromatic rings. The number of halogens is 2. The van der Waals surface area contributed by atoms with E-state index < -0.39 is 5.91 Å². The van der Waals surface area contributed by atoms with Crippen molar-refractivity contribution in [1.82, 2.24) is 14.6 Å². The van der Waals surface area contributed by atoms with E-state index in [0.29, 0.717) is 43.5 Å². The highest BCUT2D eigenvalue weighted by atomic mass is 35.5. The molecule has 168 valence electrons. The van der Waals surface area contributed by atoms with Crippen molar-refractivity contribution in [1.29, 1.82) is 0 Å². The standard InChI is InChI=1S/C25H18Cl2N6O/c1-14-6-9-16(10-7-14)30-25(34)21-22-24(32-20-5-3-2-4-19(20)31-22)33(23(21)28)29-13-15-8-11-17(26)18(27)12-15/h2-13H,28H2,1H3,(H,30,34)/b29-13-. The number of benzene rings is 3. The zero-order valence-corrected chi connectivity index (χ0v) is 19.5. The van der Waals surface area contributed by atoms with E-state index in [1.54, 1.807) is 24.4 Å². The number of amides is 1. The molecule has 0 unspecified atom stereocenters. The summed E-state index contributed by atoms with van der Waals surface area (Å²) in [6, 6.07) is 20.0. The minimum absolute atomic E-state index is 0.117. The van der Waals surface area contributed by atoms with Gasteiger partial charge >= 0.3 is 0 Å². The molecular weight excluding hydrogens is 471 g/mol. The third-order valence-corrected chi connectivity index (χ3v) is 6.02. The highest BCUT2D eigenvalue weighted by Crippen LogP contribution is 2.29. The average molecular weight is 489 g/mol. The number of hydrogen-bond acceptors (Lipinski definition) is 5. The number of aromatic nitrogens is 3. The first kappa shape index (κ1) is 21.9. The number of aryl methyl sites for hydroxylation is 1. The molecule has 0 aliphatic heterocycles. The number of fused-ring (bicyclic) bond motifs is 2. The predicted octanol–water partition coefficient (Wildman–Crippen LogP) is 5.92. The fourth-order valence-corrected chi connectivity index (χ4v) is 3.84. The molecule has 0 saturated heterocycles. The van der Waals surface area contributed by atoms with Gasteiger partial charge in [-0.3, -0.25) is 4.79 Å². The first-order valence-electron chi connectivity index (χ1n) is 10.3. The van der Waals surface area contributed by atoms with Crippen molar-refractivity contribution in [3.05, 3.63) is 93.5 Å². The van der Waals surface area contributed by atoms with E-state index in [-0.39, 0.29) is 11.4 Å². The number of para-hydroxylation sites is 2. The Labute approximate surface area is 204 Å². The van der Waals surface area contributed by atoms with Crippen molar-refractivity contribution < 1.29 is 4.79 Å². The molecule has 34 heavy (non-hydrogen) atoms. The van der Waals surface area contributed by atoms with Crippen LogP contribution in [0.25, 0.3) is 22.2 Å². The van der Waals surface area contributed by atoms with E-state index in [9.17, 15) is 4.79 Å². The maximum atomic E-state index is 13.3. The summed E-state index contributed by atoms with van der Waals surface area (Å²) in [5, 5.41) is 8.21. The van der Waals surface area contributed by atoms with E-state index in [1.807, 2.05) is 55.5 Å². The van der Waals surface area contributed by atoms with Gasteiger partial charge in [0.05, 0.1) is 27.3 Å². The molecule has 2 aromatic heterocycles. The lowest BCUT2D eigenvalue weighted by molar-refractivity contribution is 0.102. The Morgan fingerprint density at radius 1 is 1.00 bits per heavy atom. The number of hydrogen-bond donors (Lipinski definition) is 2. The van der Waals surface area contributed by atoms with Gasteiger partial charge in [-0.05, 0) is 48.9 Å². The van der Waals surface area contributed by atoms with E-state index in [4.69, 9.17) is 28.9 Å². The van der Waals surface area contributed by atoms with E-state index in [0.717, 1.165) is 5.56 Å². The summed E-state index contributed by atoms with van der Waals surface area (Å²) in [6.07, 6.45) is 1.57. The topological polar surface area (TPSA) is 98.2 Å². The molecule has 3 aromatic carbocycles. The van der Waals surface area contributed by atoms with Crippen molar-refractivity contribution in [3.63, 3.8) is 0 Å². The zero-order chi connectivity index (χ0) is 23.8. The summed E-state index contributed by atoms with van der Waals surface area (Å²) in [6.45, 7) is 1.98. The van der Waals surface area contributed by atoms with Crippen LogP contribution in [0.1, 0.15) is 21.5 Å². The van der Waals surface area contributed by atoms with Gasteiger partial charge in [0.2, 0.25) is 0 Å². The van der Waals surface area contributed by atoms with Crippen LogP contribution in [0, 0.1) is 6.92 Å². The van der Waals surface area contributed by atoms with Crippen LogP contribution in [-0.2, 0) is 0 Å². The molecule has 3 N–H and O–H groups in total. The van der Waals surface area contributed by atoms with E-state index in [1.165, 1.54) is 4.68 Å². The lowest BCUT2D eigenvalue weighted by atomic mass is 10.2. The second kappa shape index (κ2) is 8.78. The summed E-state index contributed by atoms with van der Waals surface area (Å²) in [5.41, 5.74) is 11.1. The Kier molecular flexibility index (Phi) is 5.65. The van der Waals surface area contributed by atoms with Gasteiger partial charge in [0.15, 0.2) is 5.65 Å². The maximum Gasteiger partial charge on any atom is 0.261 e. The average Bonchev–Trinajstić information content (AvgIpc) is 3.10. The number of carbonyl (C=O) groups is 1. The molecule has 0 radical (unpaired) electrons. The number of rotatable bonds is 4. The molecule has 2 heterocycles. The smallest absolute Gasteiger partial charge is 0.261 e. The van der Waals surface area contributed by atoms with Gasteiger partial charge in [-0.2, -0.15) is 9.78 Å². The Bertz CT molecular complexity index is 1590. The Hall–Kier alpha value is -3.94. The predicted molar refractivity (Wildman–Crippen MR) is 138 cm³/mol. The zero-order valence-electron chi connectivity index (χ0n) is 18.0. The van der Waals surface area contributed by atoms with Crippen LogP contribution < -0.4 is 11.1 Å². The Morgan fingerprint density at radius 2 is 1.71 bits per heavy atom. The molecule has 0 saturated carbocycles. The van der Waals surface area contributed by atoms with Gasteiger partial charge in [-0.1, -0.05) is 59.1 Å². The molecule has 0 spiro atoms. The fourth-order valence-electron chi connectivity index (χ4n) is 3.54. The quantitative estimate of drug-likeness (QED) is 0.307. The van der Waals surface area contributed by atoms with E-state index >= 15 is 0 Å². The molecule has 7 nitrogen and oxygen atoms in total. The van der Waals surface area contributed by atoms with Crippen molar-refractivity contribution in [2.75, 3.05) is 11.1 Å². The monoisotopic (exact) mass is 488 g/mol. The van der Waals surface area contributed by atoms with Gasteiger partial charge < -0.3 is 11.1 Å². The van der Waals surface area contributed by atoms with Gasteiger partial charge in [0.1, 0.15) is 16.9 Å². The van der Waals surface area contributed by atoms with Crippen LogP contribution in [0.4, 0.5) is 11.5 Å². The van der Waals surface area contributed by atoms with Crippen LogP contribution in [-0.4, -0.2) is 26.8 Å². The maximum absolute atomic E-state index is 13.3. The van der Waals surface area contributed by atoms with E-state index in [2.05, 4.69) is 20.4 Å². The first-order valence-corrected chi connectivity index (χ1v) is 11.1. The van der Waals surface area contributed by atoms with Crippen LogP contribution in [0.15, 0.2) is 71.8 Å². The number of anilines is 2. The normalized spacial score (nSPS) is 11.5. The number of carbonyl (C=O) groups excluding carboxylic acids is 1. The largest absolute Gasteiger partial charge is 0.383 e. The van der Waals surface area contributed by atoms with Gasteiger partial charge in [-0.15, -0.1) is 0 Å². The minimum Gasteiger partial charge on any atom is -0.383 e. The number of nitrogens with two attached hydrogens (primary N) is 1. The van der Waals surface area contributed by atoms with Crippen LogP contribution >= 0.6 is 23.2 Å². The van der Waals surface area contributed by atoms with Crippen molar-refractivity contribution in [2.24, 2.45) is 5.10 Å². The van der Waals surface area contributed by atoms with Crippen molar-refractivity contribution in [2.45, 2.75) is 6.92 Å². The Balaban J connectivity index is 1.65. The third kappa shape index (κ3) is 4.07. The van der Waals surface area contributed by atoms with Gasteiger partial charge in [0.25, 0.3) is 5.91 Å². The molecule has 1 amide bonds. The molecule has 0 fully saturated rings. The lowest BCUT2D eigenvalue weighted by Crippen LogP contribution is -2.14. The summed E-state index contributed by atoms with van der Waals surface area (Å²) in [4.78, 5) is 22.6. The SMILES string of the molecule is Cc1ccc(NC(=O)c2c(N)n(/N=C\c3ccc(Cl)c(Cl)c3)c3nc4ccccc4nc23)cc1. The van der Waals surface area contributed by atoms with Crippen molar-refractivity contribution in [3.8, 4) is 0 Å². The summed E-state index contributed by atoms with van der Waals surface area (Å²) < 4.78 is 1.40. The van der Waals surface area contributed by atoms with Crippen LogP contribution in [0.3, 0.4) is 0 Å².